The van der Waals surface area contributed by atoms with Crippen LogP contribution < -0.4 is 11.1 Å². The normalized spacial score (nSPS) is 21.3. The van der Waals surface area contributed by atoms with E-state index in [4.69, 9.17) is 36.9 Å². The van der Waals surface area contributed by atoms with Crippen molar-refractivity contribution in [3.8, 4) is 0 Å². The van der Waals surface area contributed by atoms with E-state index < -0.39 is 42.4 Å². The van der Waals surface area contributed by atoms with Crippen molar-refractivity contribution in [2.45, 2.75) is 71.0 Å². The molecule has 0 radical (unpaired) electrons. The minimum atomic E-state index is -1.04. The predicted molar refractivity (Wildman–Crippen MR) is 130 cm³/mol. The third-order valence-corrected chi connectivity index (χ3v) is 5.77. The maximum Gasteiger partial charge on any atom is 0.303 e. The Morgan fingerprint density at radius 2 is 1.81 bits per heavy atom. The van der Waals surface area contributed by atoms with Crippen LogP contribution in [0.1, 0.15) is 52.7 Å². The number of H-pyrrole nitrogens is 1. The van der Waals surface area contributed by atoms with Crippen molar-refractivity contribution in [3.63, 3.8) is 0 Å². The minimum Gasteiger partial charge on any atom is -0.463 e. The Morgan fingerprint density at radius 1 is 1.11 bits per heavy atom. The minimum absolute atomic E-state index is 0.206. The molecule has 0 spiro atoms. The van der Waals surface area contributed by atoms with E-state index in [0.29, 0.717) is 30.2 Å². The van der Waals surface area contributed by atoms with Crippen molar-refractivity contribution >= 4 is 47.2 Å². The Morgan fingerprint density at radius 3 is 2.47 bits per heavy atom. The molecule has 0 bridgehead atoms. The van der Waals surface area contributed by atoms with Crippen LogP contribution in [0.15, 0.2) is 6.33 Å². The van der Waals surface area contributed by atoms with Crippen LogP contribution in [0, 0.1) is 4.64 Å². The van der Waals surface area contributed by atoms with Gasteiger partial charge in [-0.2, -0.15) is 0 Å². The topological polar surface area (TPSA) is 173 Å². The summed E-state index contributed by atoms with van der Waals surface area (Å²) >= 11 is 5.42. The Kier molecular flexibility index (Phi) is 9.73. The summed E-state index contributed by atoms with van der Waals surface area (Å²) in [6.45, 7) is 4.87. The Hall–Kier alpha value is -3.10. The second-order valence-electron chi connectivity index (χ2n) is 8.39. The number of nitrogens with one attached hydrogen (secondary N) is 2. The average molecular weight is 525 g/mol. The van der Waals surface area contributed by atoms with E-state index in [0.717, 1.165) is 25.7 Å². The third kappa shape index (κ3) is 6.98. The number of nitrogens with zero attached hydrogens (tertiary/aromatic N) is 3. The van der Waals surface area contributed by atoms with Crippen LogP contribution >= 0.6 is 12.2 Å². The molecule has 13 nitrogen and oxygen atoms in total. The Balaban J connectivity index is 1.90. The van der Waals surface area contributed by atoms with Gasteiger partial charge in [0.15, 0.2) is 23.1 Å². The van der Waals surface area contributed by atoms with Crippen LogP contribution in [-0.2, 0) is 33.3 Å². The molecule has 2 aromatic rings. The number of unbranched alkanes of at least 4 members (excludes halogenated alkanes) is 3. The fourth-order valence-corrected chi connectivity index (χ4v) is 4.20. The van der Waals surface area contributed by atoms with Crippen molar-refractivity contribution in [1.29, 1.82) is 0 Å². The fraction of sp³-hybridized carbons (Fsp3) is 0.636. The molecule has 198 valence electrons. The fourth-order valence-electron chi connectivity index (χ4n) is 3.96. The number of rotatable bonds is 12. The predicted octanol–water partition coefficient (Wildman–Crippen LogP) is 1.74. The van der Waals surface area contributed by atoms with E-state index in [1.165, 1.54) is 27.1 Å². The number of hydrogen-bond donors (Lipinski definition) is 3. The molecule has 3 rings (SSSR count). The van der Waals surface area contributed by atoms with Gasteiger partial charge < -0.3 is 35.0 Å². The van der Waals surface area contributed by atoms with Crippen molar-refractivity contribution in [2.75, 3.05) is 25.0 Å². The Labute approximate surface area is 213 Å². The van der Waals surface area contributed by atoms with Gasteiger partial charge in [-0.25, -0.2) is 9.97 Å². The summed E-state index contributed by atoms with van der Waals surface area (Å²) in [5.74, 6) is -1.29. The van der Waals surface area contributed by atoms with Gasteiger partial charge >= 0.3 is 17.9 Å². The molecule has 4 N–H and O–H groups in total. The van der Waals surface area contributed by atoms with Gasteiger partial charge in [0, 0.05) is 27.3 Å². The highest BCUT2D eigenvalue weighted by molar-refractivity contribution is 7.71. The molecule has 0 aromatic carbocycles. The summed E-state index contributed by atoms with van der Waals surface area (Å²) in [5.41, 5.74) is 6.41. The van der Waals surface area contributed by atoms with Gasteiger partial charge in [0.05, 0.1) is 6.33 Å². The molecule has 14 heteroatoms. The maximum atomic E-state index is 11.9. The number of hydrogen-bond acceptors (Lipinski definition) is 12. The van der Waals surface area contributed by atoms with Crippen LogP contribution in [0.3, 0.4) is 0 Å². The molecular formula is C22H32N6O7S. The zero-order valence-electron chi connectivity index (χ0n) is 20.5. The number of aromatic amines is 1. The first-order valence-corrected chi connectivity index (χ1v) is 12.2. The van der Waals surface area contributed by atoms with Gasteiger partial charge in [0.1, 0.15) is 23.9 Å². The number of ether oxygens (including phenoxy) is 4. The van der Waals surface area contributed by atoms with Gasteiger partial charge in [0.25, 0.3) is 0 Å². The summed E-state index contributed by atoms with van der Waals surface area (Å²) in [6, 6.07) is 0. The molecule has 0 amide bonds. The van der Waals surface area contributed by atoms with Crippen LogP contribution in [0.5, 0.6) is 0 Å². The lowest BCUT2D eigenvalue weighted by Gasteiger charge is -2.23. The standard InChI is InChI=1S/C22H32N6O7S/c1-12(29)32-10-15-17(33-13(2)30)18(34-14(3)31)21(35-15)28-11-25-16-19(28)26-22(27-20(16)36)24-9-7-5-4-6-8-23/h11,15,17-18,21H,4-10,23H2,1-3H3,(H2,24,26,27,36)/t15-,17+,18?,21?/m1/s1. The molecule has 1 fully saturated rings. The molecule has 1 aliphatic heterocycles. The van der Waals surface area contributed by atoms with E-state index in [1.54, 1.807) is 4.57 Å². The largest absolute Gasteiger partial charge is 0.463 e. The van der Waals surface area contributed by atoms with Crippen LogP contribution in [0.25, 0.3) is 11.2 Å². The van der Waals surface area contributed by atoms with Crippen LogP contribution in [-0.4, -0.2) is 75.4 Å². The number of fused-ring (bicyclic) bond motifs is 1. The molecule has 1 aliphatic rings. The van der Waals surface area contributed by atoms with Gasteiger partial charge in [-0.3, -0.25) is 19.0 Å². The van der Waals surface area contributed by atoms with Crippen LogP contribution in [0.4, 0.5) is 5.95 Å². The number of nitrogens with two attached hydrogens (primary N) is 1. The number of imidazole rings is 1. The highest BCUT2D eigenvalue weighted by atomic mass is 32.1. The number of anilines is 1. The molecule has 2 aromatic heterocycles. The lowest BCUT2D eigenvalue weighted by atomic mass is 10.1. The van der Waals surface area contributed by atoms with Crippen molar-refractivity contribution in [2.24, 2.45) is 5.73 Å². The summed E-state index contributed by atoms with van der Waals surface area (Å²) in [4.78, 5) is 47.0. The number of carbonyl (C=O) groups excluding carboxylic acids is 3. The first-order valence-electron chi connectivity index (χ1n) is 11.7. The summed E-state index contributed by atoms with van der Waals surface area (Å²) in [6.07, 6.45) is 1.57. The van der Waals surface area contributed by atoms with Crippen molar-refractivity contribution in [1.82, 2.24) is 19.5 Å². The SMILES string of the molecule is CC(=O)OC[C@H]1OC(n2cnc3c(=S)nc(NCCCCCCN)[nH]c32)C(OC(C)=O)[C@H]1OC(C)=O. The molecule has 3 heterocycles. The molecule has 0 saturated carbocycles. The highest BCUT2D eigenvalue weighted by Crippen LogP contribution is 2.36. The van der Waals surface area contributed by atoms with E-state index in [1.807, 2.05) is 0 Å². The lowest BCUT2D eigenvalue weighted by molar-refractivity contribution is -0.166. The van der Waals surface area contributed by atoms with Crippen LogP contribution in [0.2, 0.25) is 0 Å². The second kappa shape index (κ2) is 12.7. The van der Waals surface area contributed by atoms with E-state index in [9.17, 15) is 14.4 Å². The van der Waals surface area contributed by atoms with Gasteiger partial charge in [0.2, 0.25) is 5.95 Å². The van der Waals surface area contributed by atoms with Gasteiger partial charge in [-0.1, -0.05) is 25.1 Å². The Bertz CT molecular complexity index is 1140. The summed E-state index contributed by atoms with van der Waals surface area (Å²) in [7, 11) is 0. The summed E-state index contributed by atoms with van der Waals surface area (Å²) in [5, 5.41) is 3.22. The van der Waals surface area contributed by atoms with E-state index in [-0.39, 0.29) is 11.2 Å². The molecule has 0 aliphatic carbocycles. The second-order valence-corrected chi connectivity index (χ2v) is 8.77. The van der Waals surface area contributed by atoms with E-state index in [2.05, 4.69) is 20.3 Å². The van der Waals surface area contributed by atoms with Crippen molar-refractivity contribution in [3.05, 3.63) is 11.0 Å². The quantitative estimate of drug-likeness (QED) is 0.159. The monoisotopic (exact) mass is 524 g/mol. The molecular weight excluding hydrogens is 492 g/mol. The van der Waals surface area contributed by atoms with Gasteiger partial charge in [-0.15, -0.1) is 0 Å². The molecule has 36 heavy (non-hydrogen) atoms. The van der Waals surface area contributed by atoms with E-state index >= 15 is 0 Å². The number of carbonyl (C=O) groups is 3. The molecule has 2 unspecified atom stereocenters. The summed E-state index contributed by atoms with van der Waals surface area (Å²) < 4.78 is 24.0. The number of aromatic nitrogens is 4. The molecule has 4 atom stereocenters. The van der Waals surface area contributed by atoms with Crippen molar-refractivity contribution < 1.29 is 33.3 Å². The highest BCUT2D eigenvalue weighted by Gasteiger charge is 2.51. The first-order chi connectivity index (χ1) is 17.2. The third-order valence-electron chi connectivity index (χ3n) is 5.48. The first kappa shape index (κ1) is 27.5. The lowest BCUT2D eigenvalue weighted by Crippen LogP contribution is -2.40. The number of esters is 3. The van der Waals surface area contributed by atoms with Gasteiger partial charge in [-0.05, 0) is 19.4 Å². The average Bonchev–Trinajstić information content (AvgIpc) is 3.36. The zero-order chi connectivity index (χ0) is 26.2. The smallest absolute Gasteiger partial charge is 0.303 e. The maximum absolute atomic E-state index is 11.9. The zero-order valence-corrected chi connectivity index (χ0v) is 21.3. The molecule has 1 saturated heterocycles.